The van der Waals surface area contributed by atoms with Crippen molar-refractivity contribution in [1.82, 2.24) is 0 Å². The molecule has 2 saturated carbocycles. The van der Waals surface area contributed by atoms with Gasteiger partial charge in [-0.15, -0.1) is 0 Å². The predicted molar refractivity (Wildman–Crippen MR) is 80.2 cm³/mol. The lowest BCUT2D eigenvalue weighted by Crippen LogP contribution is -2.22. The molecule has 0 nitrogen and oxygen atoms in total. The van der Waals surface area contributed by atoms with Crippen LogP contribution in [0.25, 0.3) is 0 Å². The van der Waals surface area contributed by atoms with Crippen molar-refractivity contribution in [1.29, 1.82) is 0 Å². The van der Waals surface area contributed by atoms with Crippen LogP contribution in [0.3, 0.4) is 0 Å². The quantitative estimate of drug-likeness (QED) is 0.449. The molecule has 4 atom stereocenters. The third-order valence-electron chi connectivity index (χ3n) is 4.12. The second-order valence-electron chi connectivity index (χ2n) is 4.56. The van der Waals surface area contributed by atoms with E-state index in [-0.39, 0.29) is 0 Å². The van der Waals surface area contributed by atoms with Gasteiger partial charge in [-0.2, -0.15) is 0 Å². The van der Waals surface area contributed by atoms with E-state index in [1.807, 2.05) is 41.5 Å². The van der Waals surface area contributed by atoms with E-state index < -0.39 is 0 Å². The lowest BCUT2D eigenvalue weighted by molar-refractivity contribution is 0.221. The van der Waals surface area contributed by atoms with Crippen molar-refractivity contribution in [3.8, 4) is 0 Å². The first-order valence-corrected chi connectivity index (χ1v) is 8.13. The lowest BCUT2D eigenvalue weighted by Gasteiger charge is -2.32. The molecule has 102 valence electrons. The molecule has 0 radical (unpaired) electrons. The van der Waals surface area contributed by atoms with Gasteiger partial charge in [-0.3, -0.25) is 0 Å². The normalized spacial score (nSPS) is 35.4. The fourth-order valence-electron chi connectivity index (χ4n) is 3.64. The minimum absolute atomic E-state index is 1.00. The zero-order valence-corrected chi connectivity index (χ0v) is 13.0. The van der Waals surface area contributed by atoms with Gasteiger partial charge in [0.05, 0.1) is 0 Å². The molecule has 2 bridgehead atoms. The molecule has 4 unspecified atom stereocenters. The second-order valence-corrected chi connectivity index (χ2v) is 4.56. The Morgan fingerprint density at radius 3 is 1.35 bits per heavy atom. The standard InChI is InChI=1S/C11H16.3C2H6/c1-2-4-11-9-6-5-8(7-9)10(11)3-1;3*1-2/h5-6,8-11H,1-4,7H2;3*1-2H3. The van der Waals surface area contributed by atoms with Crippen molar-refractivity contribution < 1.29 is 0 Å². The summed E-state index contributed by atoms with van der Waals surface area (Å²) >= 11 is 0. The number of rotatable bonds is 0. The van der Waals surface area contributed by atoms with Gasteiger partial charge in [0.1, 0.15) is 0 Å². The first-order chi connectivity index (χ1) is 8.45. The minimum Gasteiger partial charge on any atom is -0.0848 e. The summed E-state index contributed by atoms with van der Waals surface area (Å²) in [6.45, 7) is 12.0. The molecule has 0 aromatic heterocycles. The molecule has 0 heteroatoms. The molecule has 2 fully saturated rings. The third-order valence-corrected chi connectivity index (χ3v) is 4.12. The van der Waals surface area contributed by atoms with Crippen LogP contribution in [0.15, 0.2) is 12.2 Å². The van der Waals surface area contributed by atoms with Gasteiger partial charge in [-0.05, 0) is 42.9 Å². The number of hydrogen-bond donors (Lipinski definition) is 0. The van der Waals surface area contributed by atoms with Gasteiger partial charge in [0.2, 0.25) is 0 Å². The summed E-state index contributed by atoms with van der Waals surface area (Å²) in [7, 11) is 0. The van der Waals surface area contributed by atoms with Crippen LogP contribution in [0.4, 0.5) is 0 Å². The maximum absolute atomic E-state index is 2.50. The molecule has 0 amide bonds. The molecule has 3 aliphatic carbocycles. The van der Waals surface area contributed by atoms with Crippen LogP contribution in [0.5, 0.6) is 0 Å². The highest BCUT2D eigenvalue weighted by Gasteiger charge is 2.44. The summed E-state index contributed by atoms with van der Waals surface area (Å²) in [5.74, 6) is 4.23. The van der Waals surface area contributed by atoms with Crippen LogP contribution in [0, 0.1) is 23.7 Å². The molecular weight excluding hydrogens is 204 g/mol. The molecule has 0 aromatic rings. The largest absolute Gasteiger partial charge is 0.0848 e. The smallest absolute Gasteiger partial charge is 0.0196 e. The molecule has 3 rings (SSSR count). The molecule has 0 saturated heterocycles. The maximum atomic E-state index is 2.50. The van der Waals surface area contributed by atoms with Crippen molar-refractivity contribution in [2.24, 2.45) is 23.7 Å². The van der Waals surface area contributed by atoms with Crippen molar-refractivity contribution in [2.45, 2.75) is 73.6 Å². The van der Waals surface area contributed by atoms with Gasteiger partial charge >= 0.3 is 0 Å². The highest BCUT2D eigenvalue weighted by molar-refractivity contribution is 5.13. The Hall–Kier alpha value is -0.260. The number of hydrogen-bond acceptors (Lipinski definition) is 0. The molecule has 3 aliphatic rings. The van der Waals surface area contributed by atoms with Gasteiger partial charge in [0.15, 0.2) is 0 Å². The van der Waals surface area contributed by atoms with Crippen LogP contribution in [0.1, 0.15) is 73.6 Å². The molecule has 0 N–H and O–H groups in total. The predicted octanol–water partition coefficient (Wildman–Crippen LogP) is 6.08. The first kappa shape index (κ1) is 16.7. The Kier molecular flexibility index (Phi) is 9.59. The summed E-state index contributed by atoms with van der Waals surface area (Å²) in [5, 5.41) is 0. The molecular formula is C17H34. The average Bonchev–Trinajstić information content (AvgIpc) is 3.08. The van der Waals surface area contributed by atoms with E-state index in [9.17, 15) is 0 Å². The zero-order valence-electron chi connectivity index (χ0n) is 13.0. The molecule has 0 aliphatic heterocycles. The van der Waals surface area contributed by atoms with Gasteiger partial charge in [0.25, 0.3) is 0 Å². The highest BCUT2D eigenvalue weighted by atomic mass is 14.5. The van der Waals surface area contributed by atoms with Gasteiger partial charge < -0.3 is 0 Å². The van der Waals surface area contributed by atoms with E-state index in [0.29, 0.717) is 0 Å². The van der Waals surface area contributed by atoms with Gasteiger partial charge in [-0.1, -0.05) is 66.5 Å². The minimum atomic E-state index is 1.00. The highest BCUT2D eigenvalue weighted by Crippen LogP contribution is 2.53. The average molecular weight is 238 g/mol. The van der Waals surface area contributed by atoms with E-state index in [2.05, 4.69) is 12.2 Å². The van der Waals surface area contributed by atoms with E-state index in [0.717, 1.165) is 23.7 Å². The summed E-state index contributed by atoms with van der Waals surface area (Å²) < 4.78 is 0. The van der Waals surface area contributed by atoms with Crippen LogP contribution in [-0.2, 0) is 0 Å². The van der Waals surface area contributed by atoms with Crippen molar-refractivity contribution in [2.75, 3.05) is 0 Å². The topological polar surface area (TPSA) is 0 Å². The summed E-state index contributed by atoms with van der Waals surface area (Å²) in [5.41, 5.74) is 0. The van der Waals surface area contributed by atoms with Crippen LogP contribution in [0.2, 0.25) is 0 Å². The van der Waals surface area contributed by atoms with Crippen LogP contribution >= 0.6 is 0 Å². The summed E-state index contributed by atoms with van der Waals surface area (Å²) in [4.78, 5) is 0. The SMILES string of the molecule is C1=CC2CC1C1CCCCC21.CC.CC.CC. The molecule has 0 spiro atoms. The van der Waals surface area contributed by atoms with Gasteiger partial charge in [-0.25, -0.2) is 0 Å². The summed E-state index contributed by atoms with van der Waals surface area (Å²) in [6, 6.07) is 0. The Morgan fingerprint density at radius 2 is 1.00 bits per heavy atom. The van der Waals surface area contributed by atoms with E-state index >= 15 is 0 Å². The summed E-state index contributed by atoms with van der Waals surface area (Å²) in [6.07, 6.45) is 12.6. The van der Waals surface area contributed by atoms with Crippen LogP contribution in [-0.4, -0.2) is 0 Å². The number of fused-ring (bicyclic) bond motifs is 5. The fraction of sp³-hybridized carbons (Fsp3) is 0.882. The fourth-order valence-corrected chi connectivity index (χ4v) is 3.64. The molecule has 0 heterocycles. The van der Waals surface area contributed by atoms with Crippen molar-refractivity contribution >= 4 is 0 Å². The van der Waals surface area contributed by atoms with E-state index in [1.54, 1.807) is 0 Å². The molecule has 17 heavy (non-hydrogen) atoms. The van der Waals surface area contributed by atoms with E-state index in [1.165, 1.54) is 32.1 Å². The van der Waals surface area contributed by atoms with Crippen molar-refractivity contribution in [3.63, 3.8) is 0 Å². The zero-order chi connectivity index (χ0) is 13.3. The van der Waals surface area contributed by atoms with Crippen molar-refractivity contribution in [3.05, 3.63) is 12.2 Å². The first-order valence-electron chi connectivity index (χ1n) is 8.13. The Labute approximate surface area is 110 Å². The Bertz CT molecular complexity index is 172. The second kappa shape index (κ2) is 9.74. The van der Waals surface area contributed by atoms with Crippen LogP contribution < -0.4 is 0 Å². The third kappa shape index (κ3) is 3.86. The Morgan fingerprint density at radius 1 is 0.647 bits per heavy atom. The monoisotopic (exact) mass is 238 g/mol. The number of allylic oxidation sites excluding steroid dienone is 2. The van der Waals surface area contributed by atoms with Gasteiger partial charge in [0, 0.05) is 0 Å². The molecule has 0 aromatic carbocycles. The van der Waals surface area contributed by atoms with E-state index in [4.69, 9.17) is 0 Å². The Balaban J connectivity index is 0.000000379. The maximum Gasteiger partial charge on any atom is -0.0196 e. The lowest BCUT2D eigenvalue weighted by atomic mass is 9.73.